The second kappa shape index (κ2) is 10.7. The molecule has 0 aliphatic rings. The Morgan fingerprint density at radius 1 is 0.714 bits per heavy atom. The molecule has 2 aromatic heterocycles. The Hall–Kier alpha value is -0.940. The summed E-state index contributed by atoms with van der Waals surface area (Å²) in [5.74, 6) is 0. The molecule has 0 saturated carbocycles. The third-order valence-electron chi connectivity index (χ3n) is 5.19. The van der Waals surface area contributed by atoms with Gasteiger partial charge in [-0.2, -0.15) is 0 Å². The van der Waals surface area contributed by atoms with Crippen LogP contribution in [0.4, 0.5) is 0 Å². The van der Waals surface area contributed by atoms with Crippen molar-refractivity contribution in [2.45, 2.75) is 66.2 Å². The fourth-order valence-corrected chi connectivity index (χ4v) is 4.96. The van der Waals surface area contributed by atoms with Crippen LogP contribution in [-0.2, 0) is 12.8 Å². The van der Waals surface area contributed by atoms with Crippen LogP contribution in [-0.4, -0.2) is 23.4 Å². The van der Waals surface area contributed by atoms with Crippen LogP contribution in [0.25, 0.3) is 12.2 Å². The van der Waals surface area contributed by atoms with Crippen molar-refractivity contribution in [3.05, 3.63) is 43.8 Å². The first-order valence-corrected chi connectivity index (χ1v) is 11.9. The fourth-order valence-electron chi connectivity index (χ4n) is 3.04. The van der Waals surface area contributed by atoms with E-state index in [1.165, 1.54) is 19.5 Å². The quantitative estimate of drug-likeness (QED) is 0.403. The molecule has 2 nitrogen and oxygen atoms in total. The van der Waals surface area contributed by atoms with Crippen LogP contribution in [0.2, 0.25) is 0 Å². The van der Waals surface area contributed by atoms with E-state index in [1.54, 1.807) is 0 Å². The summed E-state index contributed by atoms with van der Waals surface area (Å²) in [6, 6.07) is 8.89. The van der Waals surface area contributed by atoms with E-state index in [1.807, 2.05) is 22.7 Å². The molecule has 2 aromatic rings. The molecule has 0 fully saturated rings. The van der Waals surface area contributed by atoms with Gasteiger partial charge in [-0.05, 0) is 85.8 Å². The van der Waals surface area contributed by atoms with E-state index in [9.17, 15) is 10.2 Å². The van der Waals surface area contributed by atoms with Crippen LogP contribution in [0.15, 0.2) is 24.3 Å². The summed E-state index contributed by atoms with van der Waals surface area (Å²) in [6.45, 7) is 9.01. The van der Waals surface area contributed by atoms with Gasteiger partial charge in [0, 0.05) is 32.7 Å². The minimum absolute atomic E-state index is 0.0325. The second-order valence-corrected chi connectivity index (χ2v) is 11.7. The molecule has 156 valence electrons. The lowest BCUT2D eigenvalue weighted by molar-refractivity contribution is 0.148. The summed E-state index contributed by atoms with van der Waals surface area (Å²) in [5, 5.41) is 18.7. The lowest BCUT2D eigenvalue weighted by atomic mass is 9.88. The molecular weight excluding hydrogens is 384 g/mol. The van der Waals surface area contributed by atoms with Crippen molar-refractivity contribution in [2.75, 3.05) is 13.2 Å². The van der Waals surface area contributed by atoms with Crippen molar-refractivity contribution < 1.29 is 10.2 Å². The first-order valence-electron chi connectivity index (χ1n) is 10.3. The van der Waals surface area contributed by atoms with Gasteiger partial charge in [-0.25, -0.2) is 0 Å². The molecule has 0 bridgehead atoms. The molecule has 0 amide bonds. The zero-order valence-corrected chi connectivity index (χ0v) is 19.5. The zero-order chi connectivity index (χ0) is 20.6. The normalized spacial score (nSPS) is 12.9. The van der Waals surface area contributed by atoms with E-state index in [4.69, 9.17) is 0 Å². The average molecular weight is 421 g/mol. The van der Waals surface area contributed by atoms with Crippen molar-refractivity contribution in [3.63, 3.8) is 0 Å². The lowest BCUT2D eigenvalue weighted by Crippen LogP contribution is -2.16. The monoisotopic (exact) mass is 420 g/mol. The molecule has 2 N–H and O–H groups in total. The Bertz CT molecular complexity index is 675. The highest BCUT2D eigenvalue weighted by Gasteiger charge is 2.16. The molecule has 4 heteroatoms. The van der Waals surface area contributed by atoms with Crippen LogP contribution in [0.1, 0.15) is 72.9 Å². The van der Waals surface area contributed by atoms with E-state index in [0.717, 1.165) is 38.5 Å². The molecule has 2 heterocycles. The average Bonchev–Trinajstić information content (AvgIpc) is 3.29. The maximum Gasteiger partial charge on any atom is 0.0482 e. The van der Waals surface area contributed by atoms with Gasteiger partial charge in [0.25, 0.3) is 0 Å². The molecule has 28 heavy (non-hydrogen) atoms. The highest BCUT2D eigenvalue weighted by Crippen LogP contribution is 2.28. The fraction of sp³-hybridized carbons (Fsp3) is 0.583. The summed E-state index contributed by atoms with van der Waals surface area (Å²) < 4.78 is 0. The van der Waals surface area contributed by atoms with Crippen molar-refractivity contribution in [3.8, 4) is 0 Å². The number of hydrogen-bond donors (Lipinski definition) is 2. The van der Waals surface area contributed by atoms with E-state index < -0.39 is 0 Å². The van der Waals surface area contributed by atoms with Crippen molar-refractivity contribution >= 4 is 34.8 Å². The minimum Gasteiger partial charge on any atom is -0.396 e. The maximum absolute atomic E-state index is 9.35. The Labute approximate surface area is 179 Å². The third kappa shape index (κ3) is 8.20. The van der Waals surface area contributed by atoms with Crippen LogP contribution in [0.5, 0.6) is 0 Å². The molecule has 0 atom stereocenters. The molecule has 0 aliphatic carbocycles. The van der Waals surface area contributed by atoms with E-state index in [2.05, 4.69) is 64.1 Å². The van der Waals surface area contributed by atoms with Gasteiger partial charge in [0.2, 0.25) is 0 Å². The predicted octanol–water partition coefficient (Wildman–Crippen LogP) is 6.66. The molecule has 0 aliphatic heterocycles. The van der Waals surface area contributed by atoms with Crippen molar-refractivity contribution in [2.24, 2.45) is 10.8 Å². The van der Waals surface area contributed by atoms with Gasteiger partial charge in [0.15, 0.2) is 0 Å². The summed E-state index contributed by atoms with van der Waals surface area (Å²) in [5.41, 5.74) is 0.0649. The van der Waals surface area contributed by atoms with Gasteiger partial charge in [0.1, 0.15) is 0 Å². The third-order valence-corrected chi connectivity index (χ3v) is 7.41. The molecule has 0 saturated heterocycles. The van der Waals surface area contributed by atoms with E-state index in [0.29, 0.717) is 0 Å². The van der Waals surface area contributed by atoms with E-state index >= 15 is 0 Å². The summed E-state index contributed by atoms with van der Waals surface area (Å²) >= 11 is 3.74. The molecular formula is C24H36O2S2. The number of aryl methyl sites for hydroxylation is 2. The number of thiophene rings is 2. The van der Waals surface area contributed by atoms with Gasteiger partial charge in [-0.1, -0.05) is 27.7 Å². The number of aliphatic hydroxyl groups excluding tert-OH is 2. The SMILES string of the molecule is CC(C)(CO)CCCc1ccc(C=Cc2ccc(CCCC(C)(C)CO)s2)s1. The van der Waals surface area contributed by atoms with Gasteiger partial charge < -0.3 is 10.2 Å². The van der Waals surface area contributed by atoms with Crippen molar-refractivity contribution in [1.82, 2.24) is 0 Å². The summed E-state index contributed by atoms with van der Waals surface area (Å²) in [4.78, 5) is 5.45. The summed E-state index contributed by atoms with van der Waals surface area (Å²) in [7, 11) is 0. The molecule has 0 aromatic carbocycles. The number of aliphatic hydroxyl groups is 2. The lowest BCUT2D eigenvalue weighted by Gasteiger charge is -2.20. The van der Waals surface area contributed by atoms with Gasteiger partial charge >= 0.3 is 0 Å². The van der Waals surface area contributed by atoms with Crippen molar-refractivity contribution in [1.29, 1.82) is 0 Å². The molecule has 2 rings (SSSR count). The maximum atomic E-state index is 9.35. The van der Waals surface area contributed by atoms with Crippen LogP contribution in [0.3, 0.4) is 0 Å². The van der Waals surface area contributed by atoms with Gasteiger partial charge in [-0.3, -0.25) is 0 Å². The number of hydrogen-bond acceptors (Lipinski definition) is 4. The Balaban J connectivity index is 1.80. The smallest absolute Gasteiger partial charge is 0.0482 e. The van der Waals surface area contributed by atoms with Crippen LogP contribution in [0, 0.1) is 10.8 Å². The van der Waals surface area contributed by atoms with Crippen LogP contribution < -0.4 is 0 Å². The first-order chi connectivity index (χ1) is 13.2. The number of rotatable bonds is 12. The van der Waals surface area contributed by atoms with E-state index in [-0.39, 0.29) is 24.0 Å². The first kappa shape index (κ1) is 23.3. The predicted molar refractivity (Wildman–Crippen MR) is 125 cm³/mol. The molecule has 0 radical (unpaired) electrons. The van der Waals surface area contributed by atoms with Crippen LogP contribution >= 0.6 is 22.7 Å². The second-order valence-electron chi connectivity index (χ2n) is 9.29. The molecule has 0 spiro atoms. The Morgan fingerprint density at radius 3 is 1.46 bits per heavy atom. The Kier molecular flexibility index (Phi) is 8.94. The van der Waals surface area contributed by atoms with Gasteiger partial charge in [-0.15, -0.1) is 22.7 Å². The highest BCUT2D eigenvalue weighted by atomic mass is 32.1. The molecule has 0 unspecified atom stereocenters. The zero-order valence-electron chi connectivity index (χ0n) is 17.8. The summed E-state index contributed by atoms with van der Waals surface area (Å²) in [6.07, 6.45) is 11.0. The standard InChI is InChI=1S/C24H36O2S2/c1-23(2,17-25)15-5-7-19-9-11-21(27-19)13-14-22-12-10-20(28-22)8-6-16-24(3,4)18-26/h9-14,25-26H,5-8,15-18H2,1-4H3. The topological polar surface area (TPSA) is 40.5 Å². The minimum atomic E-state index is 0.0325. The Morgan fingerprint density at radius 2 is 1.11 bits per heavy atom. The largest absolute Gasteiger partial charge is 0.396 e. The van der Waals surface area contributed by atoms with Gasteiger partial charge in [0.05, 0.1) is 0 Å². The highest BCUT2D eigenvalue weighted by molar-refractivity contribution is 7.13.